The van der Waals surface area contributed by atoms with E-state index in [9.17, 15) is 4.79 Å². The van der Waals surface area contributed by atoms with Gasteiger partial charge in [-0.05, 0) is 12.8 Å². The monoisotopic (exact) mass is 194 g/mol. The van der Waals surface area contributed by atoms with Gasteiger partial charge in [-0.15, -0.1) is 0 Å². The average Bonchev–Trinajstić information content (AvgIpc) is 2.58. The molecule has 1 aromatic heterocycles. The van der Waals surface area contributed by atoms with Gasteiger partial charge in [-0.2, -0.15) is 0 Å². The summed E-state index contributed by atoms with van der Waals surface area (Å²) in [4.78, 5) is 18.4. The van der Waals surface area contributed by atoms with Gasteiger partial charge < -0.3 is 10.1 Å². The molecule has 0 saturated heterocycles. The van der Waals surface area contributed by atoms with E-state index in [0.717, 1.165) is 36.5 Å². The molecule has 0 aliphatic heterocycles. The summed E-state index contributed by atoms with van der Waals surface area (Å²) in [5.41, 5.74) is 2.10. The number of hydrogen-bond acceptors (Lipinski definition) is 2. The molecule has 1 aliphatic carbocycles. The van der Waals surface area contributed by atoms with Crippen LogP contribution in [0.15, 0.2) is 0 Å². The quantitative estimate of drug-likeness (QED) is 0.742. The Morgan fingerprint density at radius 2 is 2.50 bits per heavy atom. The van der Waals surface area contributed by atoms with E-state index in [1.54, 1.807) is 0 Å². The standard InChI is InChI=1S/C10H14N2O2/c1-2-9-11-7-4-3-6(10(13)14)5-8(7)12-9/h6H,2-5H2,1H3,(H,11,12)(H,13,14). The zero-order valence-corrected chi connectivity index (χ0v) is 8.21. The smallest absolute Gasteiger partial charge is 0.306 e. The molecule has 2 N–H and O–H groups in total. The van der Waals surface area contributed by atoms with Crippen LogP contribution in [0, 0.1) is 5.92 Å². The Balaban J connectivity index is 2.21. The Bertz CT molecular complexity index is 357. The number of aryl methyl sites for hydroxylation is 2. The van der Waals surface area contributed by atoms with Gasteiger partial charge in [-0.25, -0.2) is 4.98 Å². The van der Waals surface area contributed by atoms with Crippen LogP contribution in [0.4, 0.5) is 0 Å². The van der Waals surface area contributed by atoms with Crippen molar-refractivity contribution in [1.29, 1.82) is 0 Å². The molecule has 0 saturated carbocycles. The SMILES string of the molecule is CCc1nc2c([nH]1)CC(C(=O)O)CC2. The summed E-state index contributed by atoms with van der Waals surface area (Å²) in [5.74, 6) is 0.0528. The summed E-state index contributed by atoms with van der Waals surface area (Å²) in [5, 5.41) is 8.89. The Morgan fingerprint density at radius 3 is 3.14 bits per heavy atom. The molecule has 2 rings (SSSR count). The summed E-state index contributed by atoms with van der Waals surface area (Å²) in [6, 6.07) is 0. The van der Waals surface area contributed by atoms with Gasteiger partial charge in [0.05, 0.1) is 11.6 Å². The molecule has 0 radical (unpaired) electrons. The Kier molecular flexibility index (Phi) is 2.27. The number of carbonyl (C=O) groups is 1. The first-order valence-corrected chi connectivity index (χ1v) is 5.00. The lowest BCUT2D eigenvalue weighted by Gasteiger charge is -2.16. The number of carboxylic acid groups (broad SMARTS) is 1. The lowest BCUT2D eigenvalue weighted by Crippen LogP contribution is -2.22. The number of rotatable bonds is 2. The highest BCUT2D eigenvalue weighted by molar-refractivity contribution is 5.70. The van der Waals surface area contributed by atoms with Crippen molar-refractivity contribution in [3.63, 3.8) is 0 Å². The first kappa shape index (κ1) is 9.24. The predicted molar refractivity (Wildman–Crippen MR) is 51.1 cm³/mol. The fraction of sp³-hybridized carbons (Fsp3) is 0.600. The van der Waals surface area contributed by atoms with E-state index >= 15 is 0 Å². The third-order valence-electron chi connectivity index (χ3n) is 2.78. The zero-order valence-electron chi connectivity index (χ0n) is 8.21. The number of nitrogens with zero attached hydrogens (tertiary/aromatic N) is 1. The minimum absolute atomic E-state index is 0.229. The minimum Gasteiger partial charge on any atom is -0.481 e. The second-order valence-electron chi connectivity index (χ2n) is 3.74. The first-order chi connectivity index (χ1) is 6.70. The van der Waals surface area contributed by atoms with E-state index < -0.39 is 5.97 Å². The highest BCUT2D eigenvalue weighted by atomic mass is 16.4. The maximum atomic E-state index is 10.8. The molecule has 1 atom stereocenters. The third-order valence-corrected chi connectivity index (χ3v) is 2.78. The van der Waals surface area contributed by atoms with Gasteiger partial charge >= 0.3 is 5.97 Å². The van der Waals surface area contributed by atoms with Gasteiger partial charge in [-0.3, -0.25) is 4.79 Å². The Hall–Kier alpha value is -1.32. The fourth-order valence-electron chi connectivity index (χ4n) is 1.92. The molecule has 4 heteroatoms. The van der Waals surface area contributed by atoms with E-state index in [2.05, 4.69) is 9.97 Å². The number of carboxylic acids is 1. The highest BCUT2D eigenvalue weighted by Crippen LogP contribution is 2.24. The number of nitrogens with one attached hydrogen (secondary N) is 1. The largest absolute Gasteiger partial charge is 0.481 e. The van der Waals surface area contributed by atoms with Crippen LogP contribution in [0.25, 0.3) is 0 Å². The molecule has 0 amide bonds. The number of imidazole rings is 1. The van der Waals surface area contributed by atoms with Crippen molar-refractivity contribution in [1.82, 2.24) is 9.97 Å². The summed E-state index contributed by atoms with van der Waals surface area (Å²) >= 11 is 0. The van der Waals surface area contributed by atoms with Crippen molar-refractivity contribution in [2.75, 3.05) is 0 Å². The molecule has 0 bridgehead atoms. The van der Waals surface area contributed by atoms with Crippen molar-refractivity contribution < 1.29 is 9.90 Å². The predicted octanol–water partition coefficient (Wildman–Crippen LogP) is 1.16. The summed E-state index contributed by atoms with van der Waals surface area (Å²) in [7, 11) is 0. The van der Waals surface area contributed by atoms with Gasteiger partial charge in [0, 0.05) is 18.5 Å². The molecule has 1 aromatic rings. The zero-order chi connectivity index (χ0) is 10.1. The molecule has 1 unspecified atom stereocenters. The average molecular weight is 194 g/mol. The van der Waals surface area contributed by atoms with E-state index in [0.29, 0.717) is 6.42 Å². The number of aliphatic carboxylic acids is 1. The second kappa shape index (κ2) is 3.44. The normalized spacial score (nSPS) is 20.5. The molecular weight excluding hydrogens is 180 g/mol. The van der Waals surface area contributed by atoms with Crippen LogP contribution in [-0.4, -0.2) is 21.0 Å². The van der Waals surface area contributed by atoms with Crippen LogP contribution < -0.4 is 0 Å². The van der Waals surface area contributed by atoms with Crippen molar-refractivity contribution in [3.8, 4) is 0 Å². The topological polar surface area (TPSA) is 66.0 Å². The molecule has 1 aliphatic rings. The minimum atomic E-state index is -0.691. The van der Waals surface area contributed by atoms with Crippen LogP contribution >= 0.6 is 0 Å². The van der Waals surface area contributed by atoms with Crippen molar-refractivity contribution in [2.24, 2.45) is 5.92 Å². The third kappa shape index (κ3) is 1.52. The van der Waals surface area contributed by atoms with E-state index in [1.165, 1.54) is 0 Å². The molecule has 4 nitrogen and oxygen atoms in total. The van der Waals surface area contributed by atoms with Gasteiger partial charge in [0.15, 0.2) is 0 Å². The molecule has 76 valence electrons. The number of aromatic amines is 1. The van der Waals surface area contributed by atoms with Crippen LogP contribution in [0.3, 0.4) is 0 Å². The Labute approximate surface area is 82.4 Å². The highest BCUT2D eigenvalue weighted by Gasteiger charge is 2.26. The fourth-order valence-corrected chi connectivity index (χ4v) is 1.92. The van der Waals surface area contributed by atoms with E-state index in [-0.39, 0.29) is 5.92 Å². The molecule has 0 fully saturated rings. The number of H-pyrrole nitrogens is 1. The lowest BCUT2D eigenvalue weighted by molar-refractivity contribution is -0.142. The van der Waals surface area contributed by atoms with Crippen molar-refractivity contribution in [2.45, 2.75) is 32.6 Å². The lowest BCUT2D eigenvalue weighted by atomic mass is 9.90. The maximum Gasteiger partial charge on any atom is 0.306 e. The van der Waals surface area contributed by atoms with Crippen molar-refractivity contribution in [3.05, 3.63) is 17.2 Å². The second-order valence-corrected chi connectivity index (χ2v) is 3.74. The number of hydrogen-bond donors (Lipinski definition) is 2. The van der Waals surface area contributed by atoms with Gasteiger partial charge in [0.2, 0.25) is 0 Å². The van der Waals surface area contributed by atoms with Crippen LogP contribution in [0.1, 0.15) is 30.6 Å². The number of aromatic nitrogens is 2. The van der Waals surface area contributed by atoms with Gasteiger partial charge in [0.25, 0.3) is 0 Å². The molecule has 0 aromatic carbocycles. The molecule has 14 heavy (non-hydrogen) atoms. The van der Waals surface area contributed by atoms with Crippen LogP contribution in [-0.2, 0) is 24.1 Å². The van der Waals surface area contributed by atoms with E-state index in [4.69, 9.17) is 5.11 Å². The van der Waals surface area contributed by atoms with Crippen LogP contribution in [0.5, 0.6) is 0 Å². The summed E-state index contributed by atoms with van der Waals surface area (Å²) in [6.07, 6.45) is 3.00. The molecular formula is C10H14N2O2. The van der Waals surface area contributed by atoms with E-state index in [1.807, 2.05) is 6.92 Å². The first-order valence-electron chi connectivity index (χ1n) is 5.00. The van der Waals surface area contributed by atoms with Gasteiger partial charge in [-0.1, -0.05) is 6.92 Å². The summed E-state index contributed by atoms with van der Waals surface area (Å²) < 4.78 is 0. The van der Waals surface area contributed by atoms with Crippen molar-refractivity contribution >= 4 is 5.97 Å². The maximum absolute atomic E-state index is 10.8. The summed E-state index contributed by atoms with van der Waals surface area (Å²) in [6.45, 7) is 2.04. The Morgan fingerprint density at radius 1 is 1.71 bits per heavy atom. The number of fused-ring (bicyclic) bond motifs is 1. The van der Waals surface area contributed by atoms with Gasteiger partial charge in [0.1, 0.15) is 5.82 Å². The molecule has 1 heterocycles. The molecule has 0 spiro atoms. The van der Waals surface area contributed by atoms with Crippen LogP contribution in [0.2, 0.25) is 0 Å².